The van der Waals surface area contributed by atoms with Crippen LogP contribution in [0, 0.1) is 5.82 Å². The van der Waals surface area contributed by atoms with Crippen LogP contribution in [-0.2, 0) is 9.53 Å². The summed E-state index contributed by atoms with van der Waals surface area (Å²) in [4.78, 5) is 26.6. The molecule has 0 saturated carbocycles. The molecule has 1 N–H and O–H groups in total. The van der Waals surface area contributed by atoms with E-state index in [0.29, 0.717) is 0 Å². The molecule has 5 nitrogen and oxygen atoms in total. The molecule has 0 radical (unpaired) electrons. The minimum atomic E-state index is -1.34. The summed E-state index contributed by atoms with van der Waals surface area (Å²) < 4.78 is 19.6. The lowest BCUT2D eigenvalue weighted by Gasteiger charge is -2.32. The van der Waals surface area contributed by atoms with E-state index in [1.165, 1.54) is 23.1 Å². The van der Waals surface area contributed by atoms with Crippen molar-refractivity contribution in [1.82, 2.24) is 4.90 Å². The molecule has 1 unspecified atom stereocenters. The minimum Gasteiger partial charge on any atom is -0.479 e. The number of amides is 1. The summed E-state index contributed by atoms with van der Waals surface area (Å²) in [6.07, 6.45) is -0.740. The maximum absolute atomic E-state index is 13.6. The maximum Gasteiger partial charge on any atom is 0.411 e. The molecule has 170 valence electrons. The van der Waals surface area contributed by atoms with E-state index in [-0.39, 0.29) is 22.6 Å². The fourth-order valence-electron chi connectivity index (χ4n) is 4.41. The van der Waals surface area contributed by atoms with Crippen molar-refractivity contribution in [2.75, 3.05) is 6.61 Å². The average molecular weight is 512 g/mol. The van der Waals surface area contributed by atoms with Gasteiger partial charge in [0.1, 0.15) is 12.4 Å². The summed E-state index contributed by atoms with van der Waals surface area (Å²) in [6, 6.07) is 17.9. The average Bonchev–Trinajstić information content (AvgIpc) is 3.10. The predicted octanol–water partition coefficient (Wildman–Crippen LogP) is 6.37. The second-order valence-electron chi connectivity index (χ2n) is 8.21. The summed E-state index contributed by atoms with van der Waals surface area (Å²) in [5, 5.41) is 9.96. The van der Waals surface area contributed by atoms with Gasteiger partial charge in [0.2, 0.25) is 0 Å². The molecule has 1 atom stereocenters. The Labute approximate surface area is 199 Å². The summed E-state index contributed by atoms with van der Waals surface area (Å²) in [6.45, 7) is 3.51. The molecule has 0 fully saturated rings. The van der Waals surface area contributed by atoms with Gasteiger partial charge in [-0.05, 0) is 48.2 Å². The number of halogens is 2. The Morgan fingerprint density at radius 1 is 1.03 bits per heavy atom. The van der Waals surface area contributed by atoms with Crippen LogP contribution in [0.25, 0.3) is 11.1 Å². The number of hydrogen-bond acceptors (Lipinski definition) is 3. The Bertz CT molecular complexity index is 1170. The minimum absolute atomic E-state index is 0.0764. The van der Waals surface area contributed by atoms with Crippen LogP contribution >= 0.6 is 15.9 Å². The van der Waals surface area contributed by atoms with E-state index in [1.54, 1.807) is 13.8 Å². The normalized spacial score (nSPS) is 13.4. The van der Waals surface area contributed by atoms with Gasteiger partial charge in [-0.3, -0.25) is 4.90 Å². The molecule has 4 rings (SSSR count). The summed E-state index contributed by atoms with van der Waals surface area (Å²) >= 11 is 3.23. The largest absolute Gasteiger partial charge is 0.479 e. The number of carbonyl (C=O) groups is 2. The Kier molecular flexibility index (Phi) is 6.51. The number of benzene rings is 3. The Balaban J connectivity index is 1.61. The highest BCUT2D eigenvalue weighted by molar-refractivity contribution is 9.10. The van der Waals surface area contributed by atoms with Crippen molar-refractivity contribution < 1.29 is 23.8 Å². The van der Waals surface area contributed by atoms with Crippen molar-refractivity contribution in [2.45, 2.75) is 31.8 Å². The fourth-order valence-corrected chi connectivity index (χ4v) is 4.98. The predicted molar refractivity (Wildman–Crippen MR) is 127 cm³/mol. The number of nitrogens with zero attached hydrogens (tertiary/aromatic N) is 1. The van der Waals surface area contributed by atoms with Gasteiger partial charge in [0.25, 0.3) is 0 Å². The van der Waals surface area contributed by atoms with Crippen molar-refractivity contribution in [1.29, 1.82) is 0 Å². The molecule has 3 aromatic carbocycles. The van der Waals surface area contributed by atoms with Crippen molar-refractivity contribution in [3.05, 3.63) is 93.7 Å². The zero-order valence-electron chi connectivity index (χ0n) is 18.2. The fraction of sp³-hybridized carbons (Fsp3) is 0.231. The highest BCUT2D eigenvalue weighted by Crippen LogP contribution is 2.44. The van der Waals surface area contributed by atoms with E-state index in [0.717, 1.165) is 22.3 Å². The Morgan fingerprint density at radius 2 is 1.61 bits per heavy atom. The van der Waals surface area contributed by atoms with Gasteiger partial charge in [-0.25, -0.2) is 14.0 Å². The SMILES string of the molecule is CC(C)N(C(=O)OCC1c2ccccc2-c2ccccc21)C(C(=O)O)c1ccc(F)cc1Br. The lowest BCUT2D eigenvalue weighted by Crippen LogP contribution is -2.44. The molecule has 33 heavy (non-hydrogen) atoms. The number of carboxylic acids is 1. The zero-order valence-corrected chi connectivity index (χ0v) is 19.8. The highest BCUT2D eigenvalue weighted by Gasteiger charge is 2.37. The van der Waals surface area contributed by atoms with Gasteiger partial charge in [-0.15, -0.1) is 0 Å². The monoisotopic (exact) mass is 511 g/mol. The van der Waals surface area contributed by atoms with E-state index >= 15 is 0 Å². The first-order valence-electron chi connectivity index (χ1n) is 10.6. The van der Waals surface area contributed by atoms with Crippen molar-refractivity contribution in [2.24, 2.45) is 0 Å². The van der Waals surface area contributed by atoms with Gasteiger partial charge in [0.05, 0.1) is 0 Å². The van der Waals surface area contributed by atoms with Crippen LogP contribution < -0.4 is 0 Å². The molecule has 0 aliphatic heterocycles. The van der Waals surface area contributed by atoms with Crippen LogP contribution in [0.2, 0.25) is 0 Å². The standard InChI is InChI=1S/C26H23BrFNO4/c1-15(2)29(24(25(30)31)21-12-11-16(28)13-23(21)27)26(32)33-14-22-19-9-5-3-7-17(19)18-8-4-6-10-20(18)22/h3-13,15,22,24H,14H2,1-2H3,(H,30,31). The first-order chi connectivity index (χ1) is 15.8. The molecule has 0 saturated heterocycles. The van der Waals surface area contributed by atoms with Crippen molar-refractivity contribution in [3.63, 3.8) is 0 Å². The van der Waals surface area contributed by atoms with Gasteiger partial charge < -0.3 is 9.84 Å². The molecular formula is C26H23BrFNO4. The van der Waals surface area contributed by atoms with Crippen molar-refractivity contribution in [3.8, 4) is 11.1 Å². The van der Waals surface area contributed by atoms with E-state index in [1.807, 2.05) is 48.5 Å². The Morgan fingerprint density at radius 3 is 2.12 bits per heavy atom. The zero-order chi connectivity index (χ0) is 23.7. The number of hydrogen-bond donors (Lipinski definition) is 1. The van der Waals surface area contributed by atoms with E-state index in [2.05, 4.69) is 15.9 Å². The van der Waals surface area contributed by atoms with Crippen molar-refractivity contribution >= 4 is 28.0 Å². The summed E-state index contributed by atoms with van der Waals surface area (Å²) in [5.41, 5.74) is 4.62. The lowest BCUT2D eigenvalue weighted by molar-refractivity contribution is -0.143. The third kappa shape index (κ3) is 4.37. The van der Waals surface area contributed by atoms with E-state index in [9.17, 15) is 19.1 Å². The summed E-state index contributed by atoms with van der Waals surface area (Å²) in [5.74, 6) is -1.88. The molecule has 0 aromatic heterocycles. The summed E-state index contributed by atoms with van der Waals surface area (Å²) in [7, 11) is 0. The third-order valence-corrected chi connectivity index (χ3v) is 6.56. The van der Waals surface area contributed by atoms with Crippen LogP contribution in [0.1, 0.15) is 42.5 Å². The van der Waals surface area contributed by atoms with E-state index < -0.39 is 30.0 Å². The van der Waals surface area contributed by atoms with Gasteiger partial charge in [-0.1, -0.05) is 70.5 Å². The van der Waals surface area contributed by atoms with Gasteiger partial charge in [0, 0.05) is 22.0 Å². The smallest absolute Gasteiger partial charge is 0.411 e. The first kappa shape index (κ1) is 23.0. The number of ether oxygens (including phenoxy) is 1. The van der Waals surface area contributed by atoms with Crippen LogP contribution in [0.3, 0.4) is 0 Å². The quantitative estimate of drug-likeness (QED) is 0.417. The topological polar surface area (TPSA) is 66.8 Å². The third-order valence-electron chi connectivity index (χ3n) is 5.87. The van der Waals surface area contributed by atoms with Gasteiger partial charge in [-0.2, -0.15) is 0 Å². The molecule has 7 heteroatoms. The Hall–Kier alpha value is -3.19. The maximum atomic E-state index is 13.6. The first-order valence-corrected chi connectivity index (χ1v) is 11.4. The number of aliphatic carboxylic acids is 1. The number of carboxylic acid groups (broad SMARTS) is 1. The molecule has 0 spiro atoms. The van der Waals surface area contributed by atoms with Crippen LogP contribution in [0.4, 0.5) is 9.18 Å². The number of rotatable bonds is 6. The second kappa shape index (κ2) is 9.35. The lowest BCUT2D eigenvalue weighted by atomic mass is 9.98. The van der Waals surface area contributed by atoms with Gasteiger partial charge >= 0.3 is 12.1 Å². The molecule has 0 heterocycles. The highest BCUT2D eigenvalue weighted by atomic mass is 79.9. The van der Waals surface area contributed by atoms with Crippen LogP contribution in [0.5, 0.6) is 0 Å². The van der Waals surface area contributed by atoms with Crippen LogP contribution in [0.15, 0.2) is 71.2 Å². The van der Waals surface area contributed by atoms with E-state index in [4.69, 9.17) is 4.74 Å². The molecule has 3 aromatic rings. The molecule has 0 bridgehead atoms. The number of fused-ring (bicyclic) bond motifs is 3. The molecular weight excluding hydrogens is 489 g/mol. The van der Waals surface area contributed by atoms with Gasteiger partial charge in [0.15, 0.2) is 6.04 Å². The number of carbonyl (C=O) groups excluding carboxylic acids is 1. The van der Waals surface area contributed by atoms with Crippen LogP contribution in [-0.4, -0.2) is 34.7 Å². The second-order valence-corrected chi connectivity index (χ2v) is 9.07. The molecule has 1 aliphatic rings. The molecule has 1 aliphatic carbocycles. The molecule has 1 amide bonds.